The molecule has 282 valence electrons. The number of ether oxygens (including phenoxy) is 1. The lowest BCUT2D eigenvalue weighted by molar-refractivity contribution is -0.152. The Morgan fingerprint density at radius 2 is 1.53 bits per heavy atom. The number of likely N-dealkylation sites (tertiary alicyclic amines) is 1. The number of esters is 1. The molecule has 4 aliphatic carbocycles. The zero-order valence-electron chi connectivity index (χ0n) is 30.6. The van der Waals surface area contributed by atoms with Crippen molar-refractivity contribution in [2.75, 3.05) is 6.54 Å². The van der Waals surface area contributed by atoms with Gasteiger partial charge in [-0.1, -0.05) is 101 Å². The quantitative estimate of drug-likeness (QED) is 0.181. The number of nitrogens with zero attached hydrogens (tertiary/aromatic N) is 1. The third kappa shape index (κ3) is 7.29. The van der Waals surface area contributed by atoms with Gasteiger partial charge in [-0.15, -0.1) is 0 Å². The molecule has 1 saturated heterocycles. The maximum Gasteiger partial charge on any atom is 0.332 e. The van der Waals surface area contributed by atoms with Crippen molar-refractivity contribution in [3.63, 3.8) is 0 Å². The predicted octanol–water partition coefficient (Wildman–Crippen LogP) is 3.34. The summed E-state index contributed by atoms with van der Waals surface area (Å²) in [5.74, 6) is -3.51. The van der Waals surface area contributed by atoms with Crippen molar-refractivity contribution < 1.29 is 33.5 Å². The van der Waals surface area contributed by atoms with Crippen LogP contribution in [0.15, 0.2) is 54.6 Å². The minimum atomic E-state index is -1.23. The van der Waals surface area contributed by atoms with E-state index in [1.165, 1.54) is 0 Å². The Kier molecular flexibility index (Phi) is 10.1. The molecule has 5 amide bonds. The fourth-order valence-electron chi connectivity index (χ4n) is 9.54. The molecule has 53 heavy (non-hydrogen) atoms. The van der Waals surface area contributed by atoms with Crippen LogP contribution in [0, 0.1) is 29.1 Å². The van der Waals surface area contributed by atoms with Crippen LogP contribution in [0.3, 0.4) is 0 Å². The Morgan fingerprint density at radius 3 is 2.13 bits per heavy atom. The van der Waals surface area contributed by atoms with E-state index in [9.17, 15) is 28.8 Å². The summed E-state index contributed by atoms with van der Waals surface area (Å²) in [6, 6.07) is 13.7. The molecule has 12 nitrogen and oxygen atoms in total. The van der Waals surface area contributed by atoms with E-state index in [1.807, 2.05) is 54.6 Å². The minimum Gasteiger partial charge on any atom is -0.459 e. The summed E-state index contributed by atoms with van der Waals surface area (Å²) in [7, 11) is 0. The van der Waals surface area contributed by atoms with E-state index >= 15 is 0 Å². The lowest BCUT2D eigenvalue weighted by Gasteiger charge is -2.36. The standard InChI is InChI=1S/C41H51N5O7/c1-40(2)29-22-46(33(31(29)40)36(49)43-30(34(47)35(42)48)19-24-13-10-14-24)37(50)32(28-20-26-15-6-7-16-27(26)21-28)44-39(52)45-41(17-8-9-18-41)38(51)53-23-25-11-4-3-5-12-25/h3-7,11-12,15-16,24,28-33H,8-10,13-14,17-23H2,1-2H3,(H2,42,48)(H,43,49)(H2,44,45,52)/t29-,30?,31-,32-,33-/m0/s1. The summed E-state index contributed by atoms with van der Waals surface area (Å²) >= 11 is 0. The van der Waals surface area contributed by atoms with Crippen molar-refractivity contribution in [1.29, 1.82) is 0 Å². The Labute approximate surface area is 310 Å². The van der Waals surface area contributed by atoms with E-state index in [0.717, 1.165) is 48.8 Å². The molecule has 2 aromatic rings. The van der Waals surface area contributed by atoms with Crippen LogP contribution in [-0.2, 0) is 48.2 Å². The smallest absolute Gasteiger partial charge is 0.332 e. The van der Waals surface area contributed by atoms with Gasteiger partial charge in [-0.25, -0.2) is 9.59 Å². The highest BCUT2D eigenvalue weighted by Crippen LogP contribution is 2.65. The number of primary amides is 1. The van der Waals surface area contributed by atoms with Crippen LogP contribution < -0.4 is 21.7 Å². The molecule has 5 atom stereocenters. The molecule has 1 unspecified atom stereocenters. The molecule has 2 aromatic carbocycles. The molecule has 5 N–H and O–H groups in total. The van der Waals surface area contributed by atoms with Crippen LogP contribution in [0.2, 0.25) is 0 Å². The topological polar surface area (TPSA) is 177 Å². The molecule has 1 heterocycles. The SMILES string of the molecule is CC1(C)[C@@H]2[C@@H](C(=O)NC(CC3CCC3)C(=O)C(N)=O)N(C(=O)[C@@H](NC(=O)NC3(C(=O)OCc4ccccc4)CCCC3)C3Cc4ccccc4C3)C[C@@H]21. The first kappa shape index (κ1) is 36.6. The second kappa shape index (κ2) is 14.6. The lowest BCUT2D eigenvalue weighted by Crippen LogP contribution is -2.62. The number of carbonyl (C=O) groups excluding carboxylic acids is 6. The molecular weight excluding hydrogens is 674 g/mol. The summed E-state index contributed by atoms with van der Waals surface area (Å²) in [6.07, 6.45) is 6.60. The molecule has 0 spiro atoms. The second-order valence-electron chi connectivity index (χ2n) is 16.6. The first-order chi connectivity index (χ1) is 25.4. The molecule has 1 aliphatic heterocycles. The first-order valence-electron chi connectivity index (χ1n) is 19.2. The van der Waals surface area contributed by atoms with Gasteiger partial charge in [0.1, 0.15) is 24.2 Å². The van der Waals surface area contributed by atoms with E-state index in [2.05, 4.69) is 29.8 Å². The number of carbonyl (C=O) groups is 6. The molecule has 0 bridgehead atoms. The normalized spacial score (nSPS) is 24.9. The van der Waals surface area contributed by atoms with E-state index in [4.69, 9.17) is 10.5 Å². The van der Waals surface area contributed by atoms with Gasteiger partial charge in [-0.3, -0.25) is 19.2 Å². The third-order valence-electron chi connectivity index (χ3n) is 12.9. The number of ketones is 1. The molecule has 0 radical (unpaired) electrons. The highest BCUT2D eigenvalue weighted by molar-refractivity contribution is 6.37. The number of amides is 5. The Bertz CT molecular complexity index is 1740. The molecule has 3 saturated carbocycles. The van der Waals surface area contributed by atoms with Crippen molar-refractivity contribution in [2.45, 2.75) is 108 Å². The molecule has 12 heteroatoms. The number of hydrogen-bond acceptors (Lipinski definition) is 7. The average molecular weight is 726 g/mol. The zero-order chi connectivity index (χ0) is 37.5. The van der Waals surface area contributed by atoms with Gasteiger partial charge in [0, 0.05) is 6.54 Å². The number of nitrogens with two attached hydrogens (primary N) is 1. The average Bonchev–Trinajstić information content (AvgIpc) is 3.68. The van der Waals surface area contributed by atoms with Crippen LogP contribution in [0.25, 0.3) is 0 Å². The largest absolute Gasteiger partial charge is 0.459 e. The second-order valence-corrected chi connectivity index (χ2v) is 16.6. The monoisotopic (exact) mass is 725 g/mol. The van der Waals surface area contributed by atoms with Crippen LogP contribution in [-0.4, -0.2) is 70.6 Å². The van der Waals surface area contributed by atoms with Crippen LogP contribution in [0.5, 0.6) is 0 Å². The van der Waals surface area contributed by atoms with Gasteiger partial charge < -0.3 is 31.3 Å². The summed E-state index contributed by atoms with van der Waals surface area (Å²) in [5, 5.41) is 8.75. The van der Waals surface area contributed by atoms with Crippen LogP contribution in [0.4, 0.5) is 4.79 Å². The molecule has 5 aliphatic rings. The van der Waals surface area contributed by atoms with Gasteiger partial charge in [0.05, 0.1) is 6.04 Å². The van der Waals surface area contributed by atoms with E-state index in [0.29, 0.717) is 38.6 Å². The molecule has 4 fully saturated rings. The number of fused-ring (bicyclic) bond motifs is 2. The number of piperidine rings is 1. The third-order valence-corrected chi connectivity index (χ3v) is 12.9. The van der Waals surface area contributed by atoms with Crippen molar-refractivity contribution in [3.05, 3.63) is 71.3 Å². The van der Waals surface area contributed by atoms with Crippen LogP contribution >= 0.6 is 0 Å². The Morgan fingerprint density at radius 1 is 0.887 bits per heavy atom. The van der Waals surface area contributed by atoms with Gasteiger partial charge >= 0.3 is 12.0 Å². The highest BCUT2D eigenvalue weighted by Gasteiger charge is 2.70. The fourth-order valence-corrected chi connectivity index (χ4v) is 9.54. The summed E-state index contributed by atoms with van der Waals surface area (Å²) in [4.78, 5) is 83.1. The number of urea groups is 1. The summed E-state index contributed by atoms with van der Waals surface area (Å²) < 4.78 is 5.71. The summed E-state index contributed by atoms with van der Waals surface area (Å²) in [6.45, 7) is 4.54. The van der Waals surface area contributed by atoms with E-state index in [1.54, 1.807) is 4.90 Å². The van der Waals surface area contributed by atoms with Gasteiger partial charge in [0.2, 0.25) is 17.6 Å². The van der Waals surface area contributed by atoms with Crippen LogP contribution in [0.1, 0.15) is 81.9 Å². The van der Waals surface area contributed by atoms with Crippen molar-refractivity contribution in [2.24, 2.45) is 34.8 Å². The van der Waals surface area contributed by atoms with Crippen molar-refractivity contribution in [1.82, 2.24) is 20.9 Å². The maximum atomic E-state index is 14.9. The van der Waals surface area contributed by atoms with E-state index < -0.39 is 53.3 Å². The zero-order valence-corrected chi connectivity index (χ0v) is 30.6. The Balaban J connectivity index is 1.11. The number of rotatable bonds is 13. The lowest BCUT2D eigenvalue weighted by atomic mass is 9.80. The molecule has 0 aromatic heterocycles. The fraction of sp³-hybridized carbons (Fsp3) is 0.561. The summed E-state index contributed by atoms with van der Waals surface area (Å²) in [5.41, 5.74) is 6.98. The first-order valence-corrected chi connectivity index (χ1v) is 19.2. The minimum absolute atomic E-state index is 0.0514. The number of hydrogen-bond donors (Lipinski definition) is 4. The van der Waals surface area contributed by atoms with Gasteiger partial charge in [-0.2, -0.15) is 0 Å². The van der Waals surface area contributed by atoms with Gasteiger partial charge in [0.15, 0.2) is 0 Å². The maximum absolute atomic E-state index is 14.9. The van der Waals surface area contributed by atoms with Gasteiger partial charge in [0.25, 0.3) is 5.91 Å². The van der Waals surface area contributed by atoms with Gasteiger partial charge in [-0.05, 0) is 77.9 Å². The number of nitrogens with one attached hydrogen (secondary N) is 3. The number of benzene rings is 2. The number of Topliss-reactive ketones (excluding diaryl/α,β-unsaturated/α-hetero) is 1. The Hall–Kier alpha value is -4.74. The van der Waals surface area contributed by atoms with Crippen molar-refractivity contribution >= 4 is 35.5 Å². The molecule has 7 rings (SSSR count). The molecular formula is C41H51N5O7. The van der Waals surface area contributed by atoms with E-state index in [-0.39, 0.29) is 41.6 Å². The van der Waals surface area contributed by atoms with Crippen molar-refractivity contribution in [3.8, 4) is 0 Å². The predicted molar refractivity (Wildman–Crippen MR) is 195 cm³/mol. The highest BCUT2D eigenvalue weighted by atomic mass is 16.5.